The van der Waals surface area contributed by atoms with Gasteiger partial charge < -0.3 is 40.1 Å². The number of aliphatic carboxylic acids is 2. The maximum absolute atomic E-state index is 10.4. The number of aliphatic hydroxyl groups excluding tert-OH is 2. The Morgan fingerprint density at radius 1 is 0.833 bits per heavy atom. The minimum absolute atomic E-state index is 0.154. The van der Waals surface area contributed by atoms with Gasteiger partial charge in [0, 0.05) is 29.8 Å². The highest BCUT2D eigenvalue weighted by molar-refractivity contribution is 7.99. The largest absolute Gasteiger partial charge is 0.508 e. The number of hydrogen-bond donors (Lipinski definition) is 5. The molecule has 0 radical (unpaired) electrons. The van der Waals surface area contributed by atoms with Crippen LogP contribution in [0.1, 0.15) is 13.8 Å². The minimum atomic E-state index is -2.27. The summed E-state index contributed by atoms with van der Waals surface area (Å²) in [5.74, 6) is -2.69. The van der Waals surface area contributed by atoms with Gasteiger partial charge in [0.2, 0.25) is 0 Å². The summed E-state index contributed by atoms with van der Waals surface area (Å²) in [6.07, 6.45) is -4.53. The van der Waals surface area contributed by atoms with E-state index in [1.54, 1.807) is 0 Å². The van der Waals surface area contributed by atoms with Crippen molar-refractivity contribution in [2.75, 3.05) is 32.1 Å². The van der Waals surface area contributed by atoms with E-state index in [1.165, 1.54) is 52.4 Å². The Morgan fingerprint density at radius 3 is 1.69 bits per heavy atom. The number of esters is 1. The number of para-hydroxylation sites is 2. The minimum Gasteiger partial charge on any atom is -0.508 e. The smallest absolute Gasteiger partial charge is 0.335 e. The van der Waals surface area contributed by atoms with Gasteiger partial charge in [0.1, 0.15) is 11.5 Å². The molecule has 3 aromatic carbocycles. The number of carbonyl (C=O) groups excluding carboxylic acids is 1. The van der Waals surface area contributed by atoms with Gasteiger partial charge in [-0.15, -0.1) is 0 Å². The second-order valence-corrected chi connectivity index (χ2v) is 10.8. The van der Waals surface area contributed by atoms with Crippen LogP contribution in [0.25, 0.3) is 0 Å². The third kappa shape index (κ3) is 10.7. The number of aromatic hydroxyl groups is 1. The Hall–Kier alpha value is -4.10. The van der Waals surface area contributed by atoms with Crippen LogP contribution in [0.3, 0.4) is 0 Å². The van der Waals surface area contributed by atoms with Gasteiger partial charge in [0.25, 0.3) is 0 Å². The molecule has 0 fully saturated rings. The van der Waals surface area contributed by atoms with E-state index in [0.717, 1.165) is 13.1 Å². The fourth-order valence-electron chi connectivity index (χ4n) is 3.92. The molecule has 42 heavy (non-hydrogen) atoms. The van der Waals surface area contributed by atoms with Crippen LogP contribution >= 0.6 is 11.8 Å². The number of anilines is 2. The van der Waals surface area contributed by atoms with Crippen molar-refractivity contribution >= 4 is 41.0 Å². The molecule has 3 atom stereocenters. The Labute approximate surface area is 248 Å². The normalized spacial score (nSPS) is 13.5. The monoisotopic (exact) mass is 600 g/mol. The topological polar surface area (TPSA) is 168 Å². The Morgan fingerprint density at radius 2 is 1.29 bits per heavy atom. The maximum Gasteiger partial charge on any atom is 0.335 e. The van der Waals surface area contributed by atoms with E-state index in [2.05, 4.69) is 79.3 Å². The molecule has 3 unspecified atom stereocenters. The molecule has 0 amide bonds. The number of ether oxygens (including phenoxy) is 1. The number of carboxylic acids is 2. The lowest BCUT2D eigenvalue weighted by atomic mass is 10.1. The van der Waals surface area contributed by atoms with Gasteiger partial charge >= 0.3 is 17.9 Å². The van der Waals surface area contributed by atoms with E-state index >= 15 is 0 Å². The summed E-state index contributed by atoms with van der Waals surface area (Å²) in [7, 11) is 4.29. The molecule has 1 heterocycles. The predicted octanol–water partition coefficient (Wildman–Crippen LogP) is 3.68. The molecule has 226 valence electrons. The fraction of sp³-hybridized carbons (Fsp3) is 0.300. The summed E-state index contributed by atoms with van der Waals surface area (Å²) >= 11 is 1.88. The molecule has 0 aliphatic carbocycles. The molecule has 0 saturated carbocycles. The van der Waals surface area contributed by atoms with Crippen LogP contribution in [0.4, 0.5) is 11.4 Å². The van der Waals surface area contributed by atoms with Crippen LogP contribution in [0.5, 0.6) is 11.5 Å². The Kier molecular flexibility index (Phi) is 13.3. The summed E-state index contributed by atoms with van der Waals surface area (Å²) in [4.78, 5) is 37.4. The average Bonchev–Trinajstić information content (AvgIpc) is 2.93. The Bertz CT molecular complexity index is 1270. The van der Waals surface area contributed by atoms with E-state index < -0.39 is 24.1 Å². The summed E-state index contributed by atoms with van der Waals surface area (Å²) in [5, 5.41) is 41.4. The van der Waals surface area contributed by atoms with Gasteiger partial charge in [-0.1, -0.05) is 43.0 Å². The van der Waals surface area contributed by atoms with Crippen LogP contribution in [0.15, 0.2) is 82.6 Å². The molecular weight excluding hydrogens is 564 g/mol. The molecule has 3 aromatic rings. The zero-order valence-corrected chi connectivity index (χ0v) is 24.6. The first-order valence-corrected chi connectivity index (χ1v) is 13.7. The second kappa shape index (κ2) is 16.4. The molecule has 1 aliphatic rings. The number of benzene rings is 3. The van der Waals surface area contributed by atoms with Crippen molar-refractivity contribution in [1.82, 2.24) is 4.90 Å². The first-order chi connectivity index (χ1) is 19.8. The van der Waals surface area contributed by atoms with Crippen molar-refractivity contribution in [3.05, 3.63) is 72.8 Å². The van der Waals surface area contributed by atoms with Gasteiger partial charge in [-0.05, 0) is 68.5 Å². The third-order valence-electron chi connectivity index (χ3n) is 5.61. The number of nitrogens with zero attached hydrogens (tertiary/aromatic N) is 2. The first-order valence-electron chi connectivity index (χ1n) is 12.9. The molecule has 4 rings (SSSR count). The van der Waals surface area contributed by atoms with E-state index in [-0.39, 0.29) is 11.7 Å². The lowest BCUT2D eigenvalue weighted by Gasteiger charge is -2.35. The third-order valence-corrected chi connectivity index (χ3v) is 6.74. The highest BCUT2D eigenvalue weighted by Crippen LogP contribution is 2.47. The standard InChI is InChI=1S/C18H22N2S.C8H8O3.C4H6O6/c1-14(12-19(2)3)13-20-15-8-4-6-10-17(15)21-18-11-7-5-9-16(18)20;1-6(9)11-8-4-2-7(10)3-5-8;5-1(3(7)8)2(6)4(9)10/h4-11,14H,12-13H2,1-3H3;2-5,10H,1H3;1-2,5-6H,(H,7,8)(H,9,10). The quantitative estimate of drug-likeness (QED) is 0.188. The SMILES string of the molecule is CC(=O)Oc1ccc(O)cc1.CC(CN(C)C)CN1c2ccccc2Sc2ccccc21.O=C(O)C(O)C(O)C(=O)O. The highest BCUT2D eigenvalue weighted by Gasteiger charge is 2.29. The summed E-state index contributed by atoms with van der Waals surface area (Å²) < 4.78 is 4.72. The molecule has 0 saturated heterocycles. The van der Waals surface area contributed by atoms with Gasteiger partial charge in [0.15, 0.2) is 12.2 Å². The van der Waals surface area contributed by atoms with Crippen LogP contribution in [-0.2, 0) is 14.4 Å². The van der Waals surface area contributed by atoms with Crippen molar-refractivity contribution in [3.63, 3.8) is 0 Å². The first kappa shape index (κ1) is 34.1. The van der Waals surface area contributed by atoms with Gasteiger partial charge in [-0.3, -0.25) is 4.79 Å². The molecule has 0 bridgehead atoms. The van der Waals surface area contributed by atoms with Crippen LogP contribution in [-0.4, -0.2) is 87.7 Å². The molecule has 0 aromatic heterocycles. The lowest BCUT2D eigenvalue weighted by Crippen LogP contribution is -2.39. The van der Waals surface area contributed by atoms with Crippen LogP contribution < -0.4 is 9.64 Å². The number of carboxylic acid groups (broad SMARTS) is 2. The number of phenolic OH excluding ortho intramolecular Hbond substituents is 1. The van der Waals surface area contributed by atoms with E-state index in [9.17, 15) is 14.4 Å². The van der Waals surface area contributed by atoms with Gasteiger partial charge in [-0.25, -0.2) is 9.59 Å². The van der Waals surface area contributed by atoms with Gasteiger partial charge in [-0.2, -0.15) is 0 Å². The van der Waals surface area contributed by atoms with E-state index in [0.29, 0.717) is 11.7 Å². The van der Waals surface area contributed by atoms with Gasteiger partial charge in [0.05, 0.1) is 11.4 Å². The van der Waals surface area contributed by atoms with Crippen molar-refractivity contribution in [2.45, 2.75) is 35.8 Å². The van der Waals surface area contributed by atoms with Crippen molar-refractivity contribution < 1.29 is 44.7 Å². The number of carbonyl (C=O) groups is 3. The number of fused-ring (bicyclic) bond motifs is 2. The molecular formula is C30H36N2O9S. The van der Waals surface area contributed by atoms with Crippen LogP contribution in [0.2, 0.25) is 0 Å². The fourth-order valence-corrected chi connectivity index (χ4v) is 5.02. The maximum atomic E-state index is 10.4. The number of phenols is 1. The zero-order valence-electron chi connectivity index (χ0n) is 23.7. The summed E-state index contributed by atoms with van der Waals surface area (Å²) in [6, 6.07) is 23.4. The summed E-state index contributed by atoms with van der Waals surface area (Å²) in [6.45, 7) is 5.81. The molecule has 0 spiro atoms. The predicted molar refractivity (Wildman–Crippen MR) is 158 cm³/mol. The average molecular weight is 601 g/mol. The van der Waals surface area contributed by atoms with Crippen LogP contribution in [0, 0.1) is 5.92 Å². The van der Waals surface area contributed by atoms with Crippen molar-refractivity contribution in [3.8, 4) is 11.5 Å². The number of rotatable bonds is 8. The van der Waals surface area contributed by atoms with E-state index in [4.69, 9.17) is 30.3 Å². The summed E-state index contributed by atoms with van der Waals surface area (Å²) in [5.41, 5.74) is 2.68. The number of hydrogen-bond acceptors (Lipinski definition) is 10. The second-order valence-electron chi connectivity index (χ2n) is 9.67. The molecule has 5 N–H and O–H groups in total. The molecule has 1 aliphatic heterocycles. The molecule has 11 nitrogen and oxygen atoms in total. The number of aliphatic hydroxyl groups is 2. The highest BCUT2D eigenvalue weighted by atomic mass is 32.2. The van der Waals surface area contributed by atoms with E-state index in [1.807, 2.05) is 11.8 Å². The lowest BCUT2D eigenvalue weighted by molar-refractivity contribution is -0.165. The van der Waals surface area contributed by atoms with Crippen molar-refractivity contribution in [2.24, 2.45) is 5.92 Å². The Balaban J connectivity index is 0.000000248. The zero-order chi connectivity index (χ0) is 31.4. The van der Waals surface area contributed by atoms with Crippen molar-refractivity contribution in [1.29, 1.82) is 0 Å². The molecule has 12 heteroatoms.